The average molecular weight is 317 g/mol. The first-order valence-electron chi connectivity index (χ1n) is 7.45. The average Bonchev–Trinajstić information content (AvgIpc) is 3.10. The van der Waals surface area contributed by atoms with Crippen molar-refractivity contribution in [1.82, 2.24) is 24.3 Å². The Hall–Kier alpha value is -2.48. The van der Waals surface area contributed by atoms with Gasteiger partial charge in [0.1, 0.15) is 5.65 Å². The van der Waals surface area contributed by atoms with Gasteiger partial charge in [-0.2, -0.15) is 0 Å². The molecule has 1 aliphatic heterocycles. The number of aromatic nitrogens is 3. The van der Waals surface area contributed by atoms with Crippen LogP contribution in [0.1, 0.15) is 16.8 Å². The van der Waals surface area contributed by atoms with Crippen LogP contribution in [0.3, 0.4) is 0 Å². The highest BCUT2D eigenvalue weighted by Gasteiger charge is 2.24. The van der Waals surface area contributed by atoms with Gasteiger partial charge in [0.25, 0.3) is 11.5 Å². The zero-order chi connectivity index (χ0) is 16.7. The van der Waals surface area contributed by atoms with Crippen molar-refractivity contribution in [3.05, 3.63) is 38.7 Å². The number of carbonyl (C=O) groups excluding carboxylic acids is 1. The molecule has 1 N–H and O–H groups in total. The highest BCUT2D eigenvalue weighted by Crippen LogP contribution is 2.13. The minimum atomic E-state index is -0.449. The van der Waals surface area contributed by atoms with E-state index in [9.17, 15) is 14.4 Å². The molecule has 0 aromatic carbocycles. The summed E-state index contributed by atoms with van der Waals surface area (Å²) in [7, 11) is 4.72. The number of likely N-dealkylation sites (N-methyl/N-ethyl adjacent to an activating group) is 1. The molecule has 2 aromatic heterocycles. The van der Waals surface area contributed by atoms with Gasteiger partial charge in [0.15, 0.2) is 0 Å². The Balaban J connectivity index is 2.08. The molecule has 3 heterocycles. The maximum absolute atomic E-state index is 12.6. The molecule has 2 aromatic rings. The molecule has 8 heteroatoms. The van der Waals surface area contributed by atoms with Crippen LogP contribution >= 0.6 is 0 Å². The van der Waals surface area contributed by atoms with Gasteiger partial charge >= 0.3 is 5.69 Å². The number of hydrogen-bond donors (Lipinski definition) is 1. The minimum absolute atomic E-state index is 0.140. The third kappa shape index (κ3) is 2.44. The normalized spacial score (nSPS) is 17.6. The Labute approximate surface area is 132 Å². The predicted octanol–water partition coefficient (Wildman–Crippen LogP) is -0.934. The zero-order valence-corrected chi connectivity index (χ0v) is 13.4. The molecule has 1 saturated heterocycles. The Morgan fingerprint density at radius 3 is 2.74 bits per heavy atom. The number of nitrogens with one attached hydrogen (secondary N) is 1. The van der Waals surface area contributed by atoms with Crippen molar-refractivity contribution in [1.29, 1.82) is 0 Å². The van der Waals surface area contributed by atoms with Gasteiger partial charge in [-0.25, -0.2) is 9.78 Å². The first-order chi connectivity index (χ1) is 10.9. The minimum Gasteiger partial charge on any atom is -0.337 e. The fraction of sp³-hybridized carbons (Fsp3) is 0.467. The lowest BCUT2D eigenvalue weighted by molar-refractivity contribution is 0.0743. The van der Waals surface area contributed by atoms with Gasteiger partial charge in [0.05, 0.1) is 10.9 Å². The molecule has 122 valence electrons. The van der Waals surface area contributed by atoms with Crippen molar-refractivity contribution >= 4 is 16.9 Å². The third-order valence-electron chi connectivity index (χ3n) is 4.44. The summed E-state index contributed by atoms with van der Waals surface area (Å²) in [5, 5.41) is 3.48. The Kier molecular flexibility index (Phi) is 3.77. The van der Waals surface area contributed by atoms with Crippen LogP contribution in [0.15, 0.2) is 21.9 Å². The summed E-state index contributed by atoms with van der Waals surface area (Å²) in [5.41, 5.74) is -0.263. The lowest BCUT2D eigenvalue weighted by atomic mass is 10.1. The summed E-state index contributed by atoms with van der Waals surface area (Å²) in [4.78, 5) is 42.6. The molecule has 8 nitrogen and oxygen atoms in total. The Morgan fingerprint density at radius 2 is 2.09 bits per heavy atom. The molecule has 0 radical (unpaired) electrons. The monoisotopic (exact) mass is 317 g/mol. The number of rotatable bonds is 2. The van der Waals surface area contributed by atoms with Gasteiger partial charge in [0, 0.05) is 39.9 Å². The van der Waals surface area contributed by atoms with Crippen LogP contribution in [0, 0.1) is 0 Å². The molecule has 0 aliphatic carbocycles. The zero-order valence-electron chi connectivity index (χ0n) is 13.4. The quantitative estimate of drug-likeness (QED) is 0.773. The van der Waals surface area contributed by atoms with Crippen molar-refractivity contribution < 1.29 is 4.79 Å². The molecule has 23 heavy (non-hydrogen) atoms. The first-order valence-corrected chi connectivity index (χ1v) is 7.45. The molecule has 1 atom stereocenters. The highest BCUT2D eigenvalue weighted by molar-refractivity contribution is 5.96. The largest absolute Gasteiger partial charge is 0.337 e. The third-order valence-corrected chi connectivity index (χ3v) is 4.44. The van der Waals surface area contributed by atoms with E-state index < -0.39 is 11.2 Å². The summed E-state index contributed by atoms with van der Waals surface area (Å²) < 4.78 is 2.32. The second-order valence-corrected chi connectivity index (χ2v) is 5.86. The van der Waals surface area contributed by atoms with E-state index in [0.717, 1.165) is 24.1 Å². The topological polar surface area (TPSA) is 89.2 Å². The number of pyridine rings is 1. The van der Waals surface area contributed by atoms with Crippen LogP contribution in [0.2, 0.25) is 0 Å². The number of carbonyl (C=O) groups is 1. The summed E-state index contributed by atoms with van der Waals surface area (Å²) >= 11 is 0. The molecule has 1 aliphatic rings. The van der Waals surface area contributed by atoms with E-state index >= 15 is 0 Å². The van der Waals surface area contributed by atoms with Gasteiger partial charge in [-0.15, -0.1) is 0 Å². The molecule has 0 saturated carbocycles. The number of amides is 1. The van der Waals surface area contributed by atoms with Gasteiger partial charge in [-0.05, 0) is 19.0 Å². The maximum Gasteiger partial charge on any atom is 0.332 e. The predicted molar refractivity (Wildman–Crippen MR) is 85.6 cm³/mol. The second-order valence-electron chi connectivity index (χ2n) is 5.86. The van der Waals surface area contributed by atoms with Crippen LogP contribution < -0.4 is 16.6 Å². The molecular weight excluding hydrogens is 298 g/mol. The second kappa shape index (κ2) is 5.62. The van der Waals surface area contributed by atoms with Crippen molar-refractivity contribution in [2.45, 2.75) is 12.5 Å². The lowest BCUT2D eigenvalue weighted by Gasteiger charge is -2.23. The van der Waals surface area contributed by atoms with Crippen LogP contribution in [-0.4, -0.2) is 51.1 Å². The van der Waals surface area contributed by atoms with Crippen LogP contribution in [0.5, 0.6) is 0 Å². The highest BCUT2D eigenvalue weighted by atomic mass is 16.2. The van der Waals surface area contributed by atoms with Gasteiger partial charge in [-0.1, -0.05) is 0 Å². The smallest absolute Gasteiger partial charge is 0.332 e. The Bertz CT molecular complexity index is 892. The first kappa shape index (κ1) is 15.4. The molecule has 1 fully saturated rings. The van der Waals surface area contributed by atoms with Crippen molar-refractivity contribution in [2.75, 3.05) is 20.1 Å². The van der Waals surface area contributed by atoms with Crippen LogP contribution in [-0.2, 0) is 14.1 Å². The molecule has 3 rings (SSSR count). The van der Waals surface area contributed by atoms with E-state index in [1.54, 1.807) is 19.0 Å². The van der Waals surface area contributed by atoms with Crippen molar-refractivity contribution in [2.24, 2.45) is 14.1 Å². The number of hydrogen-bond acceptors (Lipinski definition) is 5. The molecular formula is C15H19N5O3. The van der Waals surface area contributed by atoms with Crippen molar-refractivity contribution in [3.8, 4) is 0 Å². The molecule has 0 bridgehead atoms. The van der Waals surface area contributed by atoms with Crippen LogP contribution in [0.25, 0.3) is 11.0 Å². The van der Waals surface area contributed by atoms with E-state index in [2.05, 4.69) is 10.3 Å². The van der Waals surface area contributed by atoms with Crippen molar-refractivity contribution in [3.63, 3.8) is 0 Å². The molecule has 0 unspecified atom stereocenters. The van der Waals surface area contributed by atoms with E-state index in [1.165, 1.54) is 23.9 Å². The number of fused-ring (bicyclic) bond motifs is 1. The summed E-state index contributed by atoms with van der Waals surface area (Å²) in [5.74, 6) is -0.177. The SMILES string of the molecule is CN(C(=O)c1cnc2c(c1)c(=O)n(C)c(=O)n2C)[C@H]1CCNC1. The maximum atomic E-state index is 12.6. The van der Waals surface area contributed by atoms with E-state index in [-0.39, 0.29) is 23.0 Å². The summed E-state index contributed by atoms with van der Waals surface area (Å²) in [6.07, 6.45) is 2.32. The molecule has 1 amide bonds. The lowest BCUT2D eigenvalue weighted by Crippen LogP contribution is -2.39. The van der Waals surface area contributed by atoms with Gasteiger partial charge in [-0.3, -0.25) is 18.7 Å². The van der Waals surface area contributed by atoms with Crippen LogP contribution in [0.4, 0.5) is 0 Å². The van der Waals surface area contributed by atoms with Gasteiger partial charge < -0.3 is 10.2 Å². The van der Waals surface area contributed by atoms with E-state index in [4.69, 9.17) is 0 Å². The standard InChI is InChI=1S/C15H19N5O3/c1-18(10-4-5-16-8-10)13(21)9-6-11-12(17-7-9)19(2)15(23)20(3)14(11)22/h6-7,10,16H,4-5,8H2,1-3H3/t10-/m0/s1. The summed E-state index contributed by atoms with van der Waals surface area (Å²) in [6.45, 7) is 1.65. The van der Waals surface area contributed by atoms with E-state index in [1.807, 2.05) is 0 Å². The number of aryl methyl sites for hydroxylation is 1. The fourth-order valence-electron chi connectivity index (χ4n) is 2.92. The van der Waals surface area contributed by atoms with E-state index in [0.29, 0.717) is 5.56 Å². The Morgan fingerprint density at radius 1 is 1.35 bits per heavy atom. The number of nitrogens with zero attached hydrogens (tertiary/aromatic N) is 4. The molecule has 0 spiro atoms. The fourth-order valence-corrected chi connectivity index (χ4v) is 2.92. The van der Waals surface area contributed by atoms with Gasteiger partial charge in [0.2, 0.25) is 0 Å². The summed E-state index contributed by atoms with van der Waals surface area (Å²) in [6, 6.07) is 1.66.